The first-order valence-electron chi connectivity index (χ1n) is 6.67. The lowest BCUT2D eigenvalue weighted by Gasteiger charge is -2.07. The minimum absolute atomic E-state index is 0.273. The number of halogens is 2. The summed E-state index contributed by atoms with van der Waals surface area (Å²) >= 11 is 0. The van der Waals surface area contributed by atoms with Gasteiger partial charge in [0.1, 0.15) is 17.4 Å². The Bertz CT molecular complexity index is 330. The van der Waals surface area contributed by atoms with E-state index in [2.05, 4.69) is 13.8 Å². The van der Waals surface area contributed by atoms with E-state index in [1.54, 1.807) is 0 Å². The fourth-order valence-electron chi connectivity index (χ4n) is 1.81. The van der Waals surface area contributed by atoms with Crippen LogP contribution < -0.4 is 4.74 Å². The summed E-state index contributed by atoms with van der Waals surface area (Å²) < 4.78 is 31.0. The van der Waals surface area contributed by atoms with E-state index in [4.69, 9.17) is 4.74 Å². The summed E-state index contributed by atoms with van der Waals surface area (Å²) in [7, 11) is 0. The van der Waals surface area contributed by atoms with Gasteiger partial charge in [-0.2, -0.15) is 0 Å². The Hall–Kier alpha value is -1.12. The number of hydrogen-bond donors (Lipinski definition) is 0. The second-order valence-electron chi connectivity index (χ2n) is 5.05. The molecule has 0 aliphatic rings. The van der Waals surface area contributed by atoms with Crippen LogP contribution in [0.25, 0.3) is 0 Å². The minimum Gasteiger partial charge on any atom is -0.493 e. The molecule has 0 bridgehead atoms. The molecule has 1 rings (SSSR count). The van der Waals surface area contributed by atoms with Crippen molar-refractivity contribution in [2.24, 2.45) is 5.92 Å². The van der Waals surface area contributed by atoms with Gasteiger partial charge in [0, 0.05) is 18.2 Å². The van der Waals surface area contributed by atoms with E-state index in [0.717, 1.165) is 24.8 Å². The molecular formula is C15H22F2O. The third-order valence-corrected chi connectivity index (χ3v) is 2.78. The Kier molecular flexibility index (Phi) is 6.69. The summed E-state index contributed by atoms with van der Waals surface area (Å²) in [6, 6.07) is 3.27. The Morgan fingerprint density at radius 1 is 0.944 bits per heavy atom. The van der Waals surface area contributed by atoms with Crippen molar-refractivity contribution >= 4 is 0 Å². The quantitative estimate of drug-likeness (QED) is 0.598. The molecule has 1 nitrogen and oxygen atoms in total. The first-order valence-corrected chi connectivity index (χ1v) is 6.67. The predicted octanol–water partition coefficient (Wildman–Crippen LogP) is 4.95. The van der Waals surface area contributed by atoms with E-state index in [0.29, 0.717) is 6.61 Å². The van der Waals surface area contributed by atoms with E-state index < -0.39 is 11.6 Å². The molecule has 0 unspecified atom stereocenters. The zero-order chi connectivity index (χ0) is 13.4. The monoisotopic (exact) mass is 256 g/mol. The third kappa shape index (κ3) is 6.58. The smallest absolute Gasteiger partial charge is 0.129 e. The zero-order valence-corrected chi connectivity index (χ0v) is 11.2. The van der Waals surface area contributed by atoms with Gasteiger partial charge in [-0.3, -0.25) is 0 Å². The van der Waals surface area contributed by atoms with Crippen LogP contribution in [-0.2, 0) is 0 Å². The highest BCUT2D eigenvalue weighted by atomic mass is 19.1. The molecule has 0 saturated carbocycles. The van der Waals surface area contributed by atoms with Crippen LogP contribution in [0.1, 0.15) is 46.0 Å². The van der Waals surface area contributed by atoms with Gasteiger partial charge in [0.2, 0.25) is 0 Å². The molecule has 18 heavy (non-hydrogen) atoms. The maximum Gasteiger partial charge on any atom is 0.129 e. The number of rotatable bonds is 8. The molecule has 0 N–H and O–H groups in total. The number of hydrogen-bond acceptors (Lipinski definition) is 1. The van der Waals surface area contributed by atoms with E-state index >= 15 is 0 Å². The van der Waals surface area contributed by atoms with Crippen molar-refractivity contribution in [1.29, 1.82) is 0 Å². The Morgan fingerprint density at radius 2 is 1.56 bits per heavy atom. The number of benzene rings is 1. The van der Waals surface area contributed by atoms with Gasteiger partial charge in [-0.1, -0.05) is 39.5 Å². The summed E-state index contributed by atoms with van der Waals surface area (Å²) in [5.74, 6) is -0.157. The van der Waals surface area contributed by atoms with Crippen molar-refractivity contribution < 1.29 is 13.5 Å². The van der Waals surface area contributed by atoms with Gasteiger partial charge in [0.25, 0.3) is 0 Å². The summed E-state index contributed by atoms with van der Waals surface area (Å²) in [4.78, 5) is 0. The highest BCUT2D eigenvalue weighted by Crippen LogP contribution is 2.16. The third-order valence-electron chi connectivity index (χ3n) is 2.78. The van der Waals surface area contributed by atoms with Gasteiger partial charge in [-0.05, 0) is 12.3 Å². The number of ether oxygens (including phenoxy) is 1. The maximum atomic E-state index is 12.9. The molecule has 0 aliphatic carbocycles. The van der Waals surface area contributed by atoms with Crippen LogP contribution in [0.15, 0.2) is 18.2 Å². The number of unbranched alkanes of at least 4 members (excludes halogenated alkanes) is 3. The van der Waals surface area contributed by atoms with E-state index in [9.17, 15) is 8.78 Å². The largest absolute Gasteiger partial charge is 0.493 e. The van der Waals surface area contributed by atoms with Crippen LogP contribution >= 0.6 is 0 Å². The fraction of sp³-hybridized carbons (Fsp3) is 0.600. The lowest BCUT2D eigenvalue weighted by atomic mass is 10.0. The first-order chi connectivity index (χ1) is 8.58. The molecule has 0 aromatic heterocycles. The van der Waals surface area contributed by atoms with Gasteiger partial charge in [-0.15, -0.1) is 0 Å². The second kappa shape index (κ2) is 8.06. The Morgan fingerprint density at radius 3 is 2.17 bits per heavy atom. The van der Waals surface area contributed by atoms with Crippen molar-refractivity contribution in [1.82, 2.24) is 0 Å². The first kappa shape index (κ1) is 14.9. The summed E-state index contributed by atoms with van der Waals surface area (Å²) in [5, 5.41) is 0. The van der Waals surface area contributed by atoms with Gasteiger partial charge >= 0.3 is 0 Å². The summed E-state index contributed by atoms with van der Waals surface area (Å²) in [6.07, 6.45) is 5.72. The minimum atomic E-state index is -0.595. The molecule has 0 saturated heterocycles. The van der Waals surface area contributed by atoms with E-state index in [1.165, 1.54) is 31.4 Å². The van der Waals surface area contributed by atoms with E-state index in [1.807, 2.05) is 0 Å². The molecule has 0 amide bonds. The predicted molar refractivity (Wildman–Crippen MR) is 69.8 cm³/mol. The Labute approximate surface area is 108 Å². The molecule has 0 heterocycles. The average molecular weight is 256 g/mol. The van der Waals surface area contributed by atoms with Gasteiger partial charge in [0.15, 0.2) is 0 Å². The Balaban J connectivity index is 2.10. The highest BCUT2D eigenvalue weighted by Gasteiger charge is 2.01. The average Bonchev–Trinajstić information content (AvgIpc) is 2.26. The lowest BCUT2D eigenvalue weighted by molar-refractivity contribution is 0.300. The van der Waals surface area contributed by atoms with Crippen molar-refractivity contribution in [3.05, 3.63) is 29.8 Å². The molecule has 0 atom stereocenters. The molecule has 0 spiro atoms. The molecule has 1 aromatic carbocycles. The van der Waals surface area contributed by atoms with Crippen LogP contribution in [0, 0.1) is 17.6 Å². The highest BCUT2D eigenvalue weighted by molar-refractivity contribution is 5.23. The van der Waals surface area contributed by atoms with Crippen molar-refractivity contribution in [3.63, 3.8) is 0 Å². The van der Waals surface area contributed by atoms with Crippen LogP contribution in [0.4, 0.5) is 8.78 Å². The van der Waals surface area contributed by atoms with Gasteiger partial charge < -0.3 is 4.74 Å². The maximum absolute atomic E-state index is 12.9. The van der Waals surface area contributed by atoms with Crippen LogP contribution in [-0.4, -0.2) is 6.61 Å². The lowest BCUT2D eigenvalue weighted by Crippen LogP contribution is -1.98. The van der Waals surface area contributed by atoms with Crippen molar-refractivity contribution in [3.8, 4) is 5.75 Å². The van der Waals surface area contributed by atoms with Crippen LogP contribution in [0.3, 0.4) is 0 Å². The molecule has 1 aromatic rings. The topological polar surface area (TPSA) is 9.23 Å². The SMILES string of the molecule is CC(C)CCCCCCOc1cc(F)cc(F)c1. The standard InChI is InChI=1S/C15H22F2O/c1-12(2)7-5-3-4-6-8-18-15-10-13(16)9-14(17)11-15/h9-12H,3-8H2,1-2H3. The fourth-order valence-corrected chi connectivity index (χ4v) is 1.81. The van der Waals surface area contributed by atoms with E-state index in [-0.39, 0.29) is 5.75 Å². The molecule has 102 valence electrons. The second-order valence-corrected chi connectivity index (χ2v) is 5.05. The zero-order valence-electron chi connectivity index (χ0n) is 11.2. The molecule has 0 radical (unpaired) electrons. The molecule has 3 heteroatoms. The normalized spacial score (nSPS) is 10.9. The van der Waals surface area contributed by atoms with Crippen LogP contribution in [0.2, 0.25) is 0 Å². The van der Waals surface area contributed by atoms with Crippen molar-refractivity contribution in [2.45, 2.75) is 46.0 Å². The summed E-state index contributed by atoms with van der Waals surface area (Å²) in [6.45, 7) is 4.97. The molecule has 0 aliphatic heterocycles. The van der Waals surface area contributed by atoms with Gasteiger partial charge in [-0.25, -0.2) is 8.78 Å². The van der Waals surface area contributed by atoms with Gasteiger partial charge in [0.05, 0.1) is 6.61 Å². The van der Waals surface area contributed by atoms with Crippen molar-refractivity contribution in [2.75, 3.05) is 6.61 Å². The van der Waals surface area contributed by atoms with Crippen LogP contribution in [0.5, 0.6) is 5.75 Å². The molecular weight excluding hydrogens is 234 g/mol. The summed E-state index contributed by atoms with van der Waals surface area (Å²) in [5.41, 5.74) is 0. The molecule has 0 fully saturated rings.